The number of H-pyrrole nitrogens is 1. The number of rotatable bonds is 7. The molecular weight excluding hydrogens is 412 g/mol. The van der Waals surface area contributed by atoms with Crippen LogP contribution in [0.15, 0.2) is 63.9 Å². The Kier molecular flexibility index (Phi) is 5.68. The maximum atomic E-state index is 12.6. The van der Waals surface area contributed by atoms with E-state index in [1.165, 1.54) is 19.1 Å². The van der Waals surface area contributed by atoms with Crippen molar-refractivity contribution in [2.24, 2.45) is 0 Å². The van der Waals surface area contributed by atoms with Crippen LogP contribution in [0.25, 0.3) is 21.9 Å². The largest absolute Gasteiger partial charge is 0.481 e. The van der Waals surface area contributed by atoms with Crippen LogP contribution in [0.2, 0.25) is 0 Å². The number of aryl methyl sites for hydroxylation is 1. The standard InChI is InChI=1S/C24H22N2O6/c1-13-9-22(27)32-21-11-16(7-8-17(13)21)31-14(2)23(28)26-20(24(29)30)10-15-12-25-19-6-4-3-5-18(15)19/h3-9,11-12,14,20,25H,10H2,1-2H3,(H,26,28)(H,29,30)/t14?,20-/m0/s1. The maximum Gasteiger partial charge on any atom is 0.336 e. The Morgan fingerprint density at radius 3 is 2.72 bits per heavy atom. The Labute approximate surface area is 182 Å². The predicted octanol–water partition coefficient (Wildman–Crippen LogP) is 3.16. The minimum atomic E-state index is -1.14. The number of nitrogens with one attached hydrogen (secondary N) is 2. The number of para-hydroxylation sites is 1. The highest BCUT2D eigenvalue weighted by Gasteiger charge is 2.25. The molecule has 2 atom stereocenters. The number of carboxylic acids is 1. The van der Waals surface area contributed by atoms with E-state index in [1.54, 1.807) is 25.3 Å². The quantitative estimate of drug-likeness (QED) is 0.384. The Morgan fingerprint density at radius 2 is 1.94 bits per heavy atom. The van der Waals surface area contributed by atoms with Crippen LogP contribution in [0.5, 0.6) is 5.75 Å². The van der Waals surface area contributed by atoms with Crippen molar-refractivity contribution in [3.8, 4) is 5.75 Å². The number of hydrogen-bond acceptors (Lipinski definition) is 5. The van der Waals surface area contributed by atoms with Gasteiger partial charge in [-0.05, 0) is 43.2 Å². The SMILES string of the molecule is Cc1cc(=O)oc2cc(OC(C)C(=O)N[C@@H](Cc3c[nH]c4ccccc34)C(=O)O)ccc12. The highest BCUT2D eigenvalue weighted by atomic mass is 16.5. The van der Waals surface area contributed by atoms with E-state index >= 15 is 0 Å². The molecule has 0 bridgehead atoms. The summed E-state index contributed by atoms with van der Waals surface area (Å²) in [5.41, 5.74) is 2.34. The molecule has 1 amide bonds. The van der Waals surface area contributed by atoms with Crippen LogP contribution in [0, 0.1) is 6.92 Å². The van der Waals surface area contributed by atoms with Gasteiger partial charge in [-0.1, -0.05) is 18.2 Å². The number of aliphatic carboxylic acids is 1. The van der Waals surface area contributed by atoms with E-state index in [0.717, 1.165) is 27.4 Å². The molecule has 3 N–H and O–H groups in total. The maximum absolute atomic E-state index is 12.6. The molecule has 2 heterocycles. The third-order valence-electron chi connectivity index (χ3n) is 5.32. The lowest BCUT2D eigenvalue weighted by Gasteiger charge is -2.19. The predicted molar refractivity (Wildman–Crippen MR) is 119 cm³/mol. The molecule has 0 radical (unpaired) electrons. The Hall–Kier alpha value is -4.07. The average Bonchev–Trinajstić information content (AvgIpc) is 3.15. The fourth-order valence-electron chi connectivity index (χ4n) is 3.65. The van der Waals surface area contributed by atoms with E-state index in [2.05, 4.69) is 10.3 Å². The van der Waals surface area contributed by atoms with Crippen molar-refractivity contribution in [2.45, 2.75) is 32.4 Å². The number of hydrogen-bond donors (Lipinski definition) is 3. The molecule has 2 aromatic heterocycles. The molecule has 32 heavy (non-hydrogen) atoms. The summed E-state index contributed by atoms with van der Waals surface area (Å²) in [5.74, 6) is -1.38. The minimum Gasteiger partial charge on any atom is -0.481 e. The highest BCUT2D eigenvalue weighted by molar-refractivity contribution is 5.88. The second-order valence-corrected chi connectivity index (χ2v) is 7.63. The summed E-state index contributed by atoms with van der Waals surface area (Å²) in [6.07, 6.45) is 0.907. The van der Waals surface area contributed by atoms with Crippen molar-refractivity contribution in [3.63, 3.8) is 0 Å². The van der Waals surface area contributed by atoms with E-state index in [-0.39, 0.29) is 6.42 Å². The third-order valence-corrected chi connectivity index (χ3v) is 5.32. The fourth-order valence-corrected chi connectivity index (χ4v) is 3.65. The van der Waals surface area contributed by atoms with Gasteiger partial charge in [0.1, 0.15) is 17.4 Å². The van der Waals surface area contributed by atoms with Gasteiger partial charge in [0, 0.05) is 41.0 Å². The van der Waals surface area contributed by atoms with E-state index in [0.29, 0.717) is 11.3 Å². The second-order valence-electron chi connectivity index (χ2n) is 7.63. The summed E-state index contributed by atoms with van der Waals surface area (Å²) in [6, 6.07) is 12.8. The average molecular weight is 434 g/mol. The van der Waals surface area contributed by atoms with Gasteiger partial charge >= 0.3 is 11.6 Å². The molecule has 0 aliphatic rings. The molecule has 0 fully saturated rings. The van der Waals surface area contributed by atoms with Gasteiger partial charge in [-0.3, -0.25) is 4.79 Å². The van der Waals surface area contributed by atoms with Crippen LogP contribution in [0.3, 0.4) is 0 Å². The number of carbonyl (C=O) groups excluding carboxylic acids is 1. The number of ether oxygens (including phenoxy) is 1. The number of amides is 1. The van der Waals surface area contributed by atoms with Crippen LogP contribution in [0.1, 0.15) is 18.1 Å². The van der Waals surface area contributed by atoms with E-state index in [4.69, 9.17) is 9.15 Å². The molecule has 8 heteroatoms. The molecule has 0 aliphatic carbocycles. The van der Waals surface area contributed by atoms with Crippen LogP contribution in [-0.2, 0) is 16.0 Å². The number of carboxylic acid groups (broad SMARTS) is 1. The van der Waals surface area contributed by atoms with Crippen molar-refractivity contribution < 1.29 is 23.8 Å². The van der Waals surface area contributed by atoms with Gasteiger partial charge < -0.3 is 24.6 Å². The normalized spacial score (nSPS) is 13.1. The molecule has 164 valence electrons. The first-order valence-corrected chi connectivity index (χ1v) is 10.1. The molecule has 2 aromatic carbocycles. The monoisotopic (exact) mass is 434 g/mol. The van der Waals surface area contributed by atoms with Crippen LogP contribution in [-0.4, -0.2) is 34.1 Å². The second kappa shape index (κ2) is 8.58. The Morgan fingerprint density at radius 1 is 1.16 bits per heavy atom. The number of carbonyl (C=O) groups is 2. The molecule has 0 saturated heterocycles. The number of aromatic amines is 1. The molecule has 0 spiro atoms. The van der Waals surface area contributed by atoms with Crippen LogP contribution in [0.4, 0.5) is 0 Å². The summed E-state index contributed by atoms with van der Waals surface area (Å²) < 4.78 is 10.9. The van der Waals surface area contributed by atoms with Crippen molar-refractivity contribution in [1.29, 1.82) is 0 Å². The molecule has 0 saturated carbocycles. The molecule has 4 rings (SSSR count). The topological polar surface area (TPSA) is 122 Å². The Balaban J connectivity index is 1.47. The lowest BCUT2D eigenvalue weighted by atomic mass is 10.0. The van der Waals surface area contributed by atoms with Gasteiger partial charge in [0.2, 0.25) is 0 Å². The number of benzene rings is 2. The first kappa shape index (κ1) is 21.2. The van der Waals surface area contributed by atoms with Crippen LogP contribution < -0.4 is 15.7 Å². The fraction of sp³-hybridized carbons (Fsp3) is 0.208. The molecule has 4 aromatic rings. The van der Waals surface area contributed by atoms with E-state index in [9.17, 15) is 19.5 Å². The van der Waals surface area contributed by atoms with Gasteiger partial charge in [0.05, 0.1) is 0 Å². The number of fused-ring (bicyclic) bond motifs is 2. The van der Waals surface area contributed by atoms with Crippen molar-refractivity contribution in [1.82, 2.24) is 10.3 Å². The lowest BCUT2D eigenvalue weighted by molar-refractivity contribution is -0.142. The zero-order chi connectivity index (χ0) is 22.8. The van der Waals surface area contributed by atoms with E-state index < -0.39 is 29.6 Å². The van der Waals surface area contributed by atoms with Gasteiger partial charge in [0.25, 0.3) is 5.91 Å². The van der Waals surface area contributed by atoms with Gasteiger partial charge in [-0.15, -0.1) is 0 Å². The lowest BCUT2D eigenvalue weighted by Crippen LogP contribution is -2.47. The molecular formula is C24H22N2O6. The van der Waals surface area contributed by atoms with Gasteiger partial charge in [-0.25, -0.2) is 9.59 Å². The summed E-state index contributed by atoms with van der Waals surface area (Å²) in [7, 11) is 0. The van der Waals surface area contributed by atoms with Crippen molar-refractivity contribution in [3.05, 3.63) is 76.3 Å². The summed E-state index contributed by atoms with van der Waals surface area (Å²) in [6.45, 7) is 3.33. The molecule has 1 unspecified atom stereocenters. The van der Waals surface area contributed by atoms with Gasteiger partial charge in [0.15, 0.2) is 6.10 Å². The van der Waals surface area contributed by atoms with Gasteiger partial charge in [-0.2, -0.15) is 0 Å². The highest BCUT2D eigenvalue weighted by Crippen LogP contribution is 2.23. The zero-order valence-electron chi connectivity index (χ0n) is 17.5. The van der Waals surface area contributed by atoms with Crippen molar-refractivity contribution in [2.75, 3.05) is 0 Å². The smallest absolute Gasteiger partial charge is 0.336 e. The van der Waals surface area contributed by atoms with Crippen molar-refractivity contribution >= 4 is 33.7 Å². The zero-order valence-corrected chi connectivity index (χ0v) is 17.5. The number of aromatic nitrogens is 1. The summed E-state index contributed by atoms with van der Waals surface area (Å²) in [4.78, 5) is 39.1. The first-order chi connectivity index (χ1) is 15.3. The summed E-state index contributed by atoms with van der Waals surface area (Å²) >= 11 is 0. The molecule has 8 nitrogen and oxygen atoms in total. The molecule has 0 aliphatic heterocycles. The van der Waals surface area contributed by atoms with E-state index in [1.807, 2.05) is 24.3 Å². The Bertz CT molecular complexity index is 1370. The summed E-state index contributed by atoms with van der Waals surface area (Å²) in [5, 5.41) is 13.8. The first-order valence-electron chi connectivity index (χ1n) is 10.1. The van der Waals surface area contributed by atoms with Crippen LogP contribution >= 0.6 is 0 Å². The minimum absolute atomic E-state index is 0.123. The third kappa shape index (κ3) is 4.34.